The minimum Gasteiger partial charge on any atom is -0.493 e. The molecule has 3 aromatic rings. The Morgan fingerprint density at radius 1 is 0.897 bits per heavy atom. The van der Waals surface area contributed by atoms with Gasteiger partial charge in [0.05, 0.1) is 45.3 Å². The van der Waals surface area contributed by atoms with Crippen molar-refractivity contribution in [3.63, 3.8) is 0 Å². The number of carbonyl (C=O) groups excluding carboxylic acids is 1. The van der Waals surface area contributed by atoms with Crippen molar-refractivity contribution >= 4 is 30.0 Å². The van der Waals surface area contributed by atoms with Crippen LogP contribution < -0.4 is 24.7 Å². The zero-order valence-corrected chi connectivity index (χ0v) is 22.0. The van der Waals surface area contributed by atoms with Crippen LogP contribution in [0.1, 0.15) is 21.5 Å². The van der Waals surface area contributed by atoms with Crippen LogP contribution >= 0.6 is 0 Å². The highest BCUT2D eigenvalue weighted by molar-refractivity contribution is 5.91. The highest BCUT2D eigenvalue weighted by Crippen LogP contribution is 2.28. The summed E-state index contributed by atoms with van der Waals surface area (Å²) >= 11 is 0. The second-order valence-electron chi connectivity index (χ2n) is 8.99. The van der Waals surface area contributed by atoms with E-state index in [2.05, 4.69) is 30.3 Å². The predicted octanol–water partition coefficient (Wildman–Crippen LogP) is 2.53. The molecule has 0 spiro atoms. The number of carbonyl (C=O) groups is 1. The average molecular weight is 534 g/mol. The number of hydrogen-bond donors (Lipinski definition) is 1. The number of anilines is 3. The van der Waals surface area contributed by atoms with Gasteiger partial charge in [-0.3, -0.25) is 0 Å². The van der Waals surface area contributed by atoms with Crippen molar-refractivity contribution in [3.05, 3.63) is 59.2 Å². The maximum Gasteiger partial charge on any atom is 0.343 e. The van der Waals surface area contributed by atoms with Gasteiger partial charge >= 0.3 is 5.97 Å². The molecule has 2 aliphatic heterocycles. The van der Waals surface area contributed by atoms with E-state index in [9.17, 15) is 4.79 Å². The SMILES string of the molecule is COc1cc(/C=N\Nc2nc(N3CCOCC3)nc(N3CCOCC3)n2)ccc1OC(=O)c1ccc(C)cc1. The molecule has 0 aliphatic carbocycles. The summed E-state index contributed by atoms with van der Waals surface area (Å²) in [6, 6.07) is 12.4. The first-order valence-corrected chi connectivity index (χ1v) is 12.8. The van der Waals surface area contributed by atoms with Crippen molar-refractivity contribution in [1.29, 1.82) is 0 Å². The number of hydrazone groups is 1. The van der Waals surface area contributed by atoms with Crippen LogP contribution in [0.3, 0.4) is 0 Å². The highest BCUT2D eigenvalue weighted by Gasteiger charge is 2.20. The number of nitrogens with zero attached hydrogens (tertiary/aromatic N) is 6. The van der Waals surface area contributed by atoms with Gasteiger partial charge in [0.1, 0.15) is 0 Å². The lowest BCUT2D eigenvalue weighted by molar-refractivity contribution is 0.0729. The van der Waals surface area contributed by atoms with Crippen LogP contribution in [0.25, 0.3) is 0 Å². The molecule has 0 saturated carbocycles. The number of nitrogens with one attached hydrogen (secondary N) is 1. The first-order valence-electron chi connectivity index (χ1n) is 12.8. The summed E-state index contributed by atoms with van der Waals surface area (Å²) < 4.78 is 21.9. The average Bonchev–Trinajstić information content (AvgIpc) is 2.99. The van der Waals surface area contributed by atoms with E-state index >= 15 is 0 Å². The van der Waals surface area contributed by atoms with Crippen LogP contribution in [-0.4, -0.2) is 86.9 Å². The summed E-state index contributed by atoms with van der Waals surface area (Å²) in [6.45, 7) is 7.27. The van der Waals surface area contributed by atoms with Crippen LogP contribution in [0, 0.1) is 6.92 Å². The first-order chi connectivity index (χ1) is 19.1. The molecular formula is C27H31N7O5. The van der Waals surface area contributed by atoms with Crippen LogP contribution in [0.5, 0.6) is 11.5 Å². The summed E-state index contributed by atoms with van der Waals surface area (Å²) in [5.74, 6) is 1.75. The van der Waals surface area contributed by atoms with Crippen LogP contribution in [-0.2, 0) is 9.47 Å². The van der Waals surface area contributed by atoms with Gasteiger partial charge in [0.2, 0.25) is 17.8 Å². The van der Waals surface area contributed by atoms with Crippen molar-refractivity contribution in [1.82, 2.24) is 15.0 Å². The van der Waals surface area contributed by atoms with Crippen molar-refractivity contribution in [2.45, 2.75) is 6.92 Å². The number of rotatable bonds is 8. The molecule has 0 unspecified atom stereocenters. The lowest BCUT2D eigenvalue weighted by atomic mass is 10.1. The first kappa shape index (κ1) is 26.3. The van der Waals surface area contributed by atoms with E-state index in [0.29, 0.717) is 87.5 Å². The molecule has 3 heterocycles. The minimum atomic E-state index is -0.460. The summed E-state index contributed by atoms with van der Waals surface area (Å²) in [5.41, 5.74) is 5.18. The number of esters is 1. The van der Waals surface area contributed by atoms with E-state index in [-0.39, 0.29) is 0 Å². The molecule has 39 heavy (non-hydrogen) atoms. The molecular weight excluding hydrogens is 502 g/mol. The normalized spacial score (nSPS) is 15.8. The van der Waals surface area contributed by atoms with Crippen molar-refractivity contribution in [3.8, 4) is 11.5 Å². The fraction of sp³-hybridized carbons (Fsp3) is 0.370. The van der Waals surface area contributed by atoms with Crippen LogP contribution in [0.4, 0.5) is 17.8 Å². The molecule has 2 aliphatic rings. The largest absolute Gasteiger partial charge is 0.493 e. The monoisotopic (exact) mass is 533 g/mol. The smallest absolute Gasteiger partial charge is 0.343 e. The number of methoxy groups -OCH3 is 1. The molecule has 5 rings (SSSR count). The number of morpholine rings is 2. The third kappa shape index (κ3) is 6.78. The van der Waals surface area contributed by atoms with Crippen molar-refractivity contribution in [2.75, 3.05) is 74.9 Å². The van der Waals surface area contributed by atoms with E-state index in [1.165, 1.54) is 7.11 Å². The third-order valence-corrected chi connectivity index (χ3v) is 6.26. The van der Waals surface area contributed by atoms with E-state index in [0.717, 1.165) is 11.1 Å². The molecule has 0 bridgehead atoms. The standard InChI is InChI=1S/C27H31N7O5/c1-19-3-6-21(7-4-19)24(35)39-22-8-5-20(17-23(22)36-2)18-28-32-25-29-26(33-9-13-37-14-10-33)31-27(30-25)34-11-15-38-16-12-34/h3-8,17-18H,9-16H2,1-2H3,(H,29,30,31,32)/b28-18-. The van der Waals surface area contributed by atoms with E-state index < -0.39 is 5.97 Å². The van der Waals surface area contributed by atoms with Gasteiger partial charge in [0.15, 0.2) is 11.5 Å². The van der Waals surface area contributed by atoms with Gasteiger partial charge in [-0.2, -0.15) is 20.1 Å². The lowest BCUT2D eigenvalue weighted by Gasteiger charge is -2.30. The van der Waals surface area contributed by atoms with Gasteiger partial charge in [-0.1, -0.05) is 17.7 Å². The number of benzene rings is 2. The quantitative estimate of drug-likeness (QED) is 0.199. The van der Waals surface area contributed by atoms with Gasteiger partial charge in [-0.05, 0) is 42.8 Å². The lowest BCUT2D eigenvalue weighted by Crippen LogP contribution is -2.40. The number of ether oxygens (including phenoxy) is 4. The maximum atomic E-state index is 12.5. The topological polar surface area (TPSA) is 124 Å². The molecule has 2 saturated heterocycles. The molecule has 0 radical (unpaired) electrons. The Balaban J connectivity index is 1.30. The molecule has 12 heteroatoms. The Morgan fingerprint density at radius 2 is 1.51 bits per heavy atom. The zero-order chi connectivity index (χ0) is 27.0. The van der Waals surface area contributed by atoms with E-state index in [1.807, 2.05) is 19.1 Å². The van der Waals surface area contributed by atoms with Crippen molar-refractivity contribution < 1.29 is 23.7 Å². The summed E-state index contributed by atoms with van der Waals surface area (Å²) in [4.78, 5) is 30.5. The third-order valence-electron chi connectivity index (χ3n) is 6.26. The Morgan fingerprint density at radius 3 is 2.10 bits per heavy atom. The second kappa shape index (κ2) is 12.5. The summed E-state index contributed by atoms with van der Waals surface area (Å²) in [6.07, 6.45) is 1.61. The summed E-state index contributed by atoms with van der Waals surface area (Å²) in [5, 5.41) is 4.33. The van der Waals surface area contributed by atoms with Gasteiger partial charge < -0.3 is 28.7 Å². The zero-order valence-electron chi connectivity index (χ0n) is 22.0. The van der Waals surface area contributed by atoms with Crippen LogP contribution in [0.15, 0.2) is 47.6 Å². The number of hydrogen-bond acceptors (Lipinski definition) is 12. The molecule has 2 aromatic carbocycles. The van der Waals surface area contributed by atoms with Gasteiger partial charge in [-0.15, -0.1) is 0 Å². The molecule has 12 nitrogen and oxygen atoms in total. The predicted molar refractivity (Wildman–Crippen MR) is 146 cm³/mol. The second-order valence-corrected chi connectivity index (χ2v) is 8.99. The molecule has 1 aromatic heterocycles. The fourth-order valence-electron chi connectivity index (χ4n) is 4.08. The Bertz CT molecular complexity index is 1270. The van der Waals surface area contributed by atoms with Gasteiger partial charge in [0.25, 0.3) is 0 Å². The molecule has 0 amide bonds. The number of aromatic nitrogens is 3. The van der Waals surface area contributed by atoms with Crippen molar-refractivity contribution in [2.24, 2.45) is 5.10 Å². The minimum absolute atomic E-state index is 0.316. The highest BCUT2D eigenvalue weighted by atomic mass is 16.6. The van der Waals surface area contributed by atoms with Gasteiger partial charge in [0, 0.05) is 26.2 Å². The van der Waals surface area contributed by atoms with E-state index in [1.54, 1.807) is 36.5 Å². The molecule has 0 atom stereocenters. The molecule has 204 valence electrons. The molecule has 1 N–H and O–H groups in total. The Labute approximate surface area is 226 Å². The van der Waals surface area contributed by atoms with E-state index in [4.69, 9.17) is 23.9 Å². The van der Waals surface area contributed by atoms with Gasteiger partial charge in [-0.25, -0.2) is 10.2 Å². The Kier molecular flexibility index (Phi) is 8.44. The maximum absolute atomic E-state index is 12.5. The Hall–Kier alpha value is -4.29. The molecule has 2 fully saturated rings. The summed E-state index contributed by atoms with van der Waals surface area (Å²) in [7, 11) is 1.52. The number of aryl methyl sites for hydroxylation is 1. The van der Waals surface area contributed by atoms with Crippen LogP contribution in [0.2, 0.25) is 0 Å². The fourth-order valence-corrected chi connectivity index (χ4v) is 4.08.